The number of nitrogens with zero attached hydrogens (tertiary/aromatic N) is 1. The molecule has 0 spiro atoms. The van der Waals surface area contributed by atoms with Crippen molar-refractivity contribution in [3.63, 3.8) is 0 Å². The molecule has 0 aliphatic carbocycles. The summed E-state index contributed by atoms with van der Waals surface area (Å²) in [6.45, 7) is 0. The predicted octanol–water partition coefficient (Wildman–Crippen LogP) is 1.23. The van der Waals surface area contributed by atoms with E-state index in [0.717, 1.165) is 6.26 Å². The summed E-state index contributed by atoms with van der Waals surface area (Å²) in [5.41, 5.74) is 1.60. The zero-order chi connectivity index (χ0) is 11.5. The van der Waals surface area contributed by atoms with Crippen molar-refractivity contribution in [1.29, 1.82) is 5.26 Å². The van der Waals surface area contributed by atoms with Crippen molar-refractivity contribution in [2.24, 2.45) is 0 Å². The van der Waals surface area contributed by atoms with Gasteiger partial charge in [-0.1, -0.05) is 0 Å². The van der Waals surface area contributed by atoms with Crippen molar-refractivity contribution in [3.8, 4) is 6.07 Å². The molecular formula is C8H8FN3O2S. The van der Waals surface area contributed by atoms with Crippen LogP contribution < -0.4 is 10.3 Å². The molecule has 0 fully saturated rings. The zero-order valence-electron chi connectivity index (χ0n) is 7.78. The molecule has 0 heterocycles. The van der Waals surface area contributed by atoms with Crippen LogP contribution in [0.2, 0.25) is 0 Å². The van der Waals surface area contributed by atoms with Crippen LogP contribution in [0.25, 0.3) is 0 Å². The van der Waals surface area contributed by atoms with E-state index in [1.165, 1.54) is 23.7 Å². The molecule has 0 saturated heterocycles. The number of anilines is 2. The normalized spacial score (nSPS) is 10.5. The van der Waals surface area contributed by atoms with E-state index in [4.69, 9.17) is 5.26 Å². The van der Waals surface area contributed by atoms with Gasteiger partial charge in [0.1, 0.15) is 6.07 Å². The second-order valence-corrected chi connectivity index (χ2v) is 4.59. The summed E-state index contributed by atoms with van der Waals surface area (Å²) in [5.74, 6) is 0. The number of hydrogen-bond acceptors (Lipinski definition) is 4. The summed E-state index contributed by atoms with van der Waals surface area (Å²) >= 11 is 0. The molecule has 2 N–H and O–H groups in total. The third-order valence-corrected chi connectivity index (χ3v) is 2.14. The van der Waals surface area contributed by atoms with E-state index in [2.05, 4.69) is 4.72 Å². The third kappa shape index (κ3) is 3.11. The van der Waals surface area contributed by atoms with E-state index < -0.39 is 10.0 Å². The number of sulfonamides is 1. The lowest BCUT2D eigenvalue weighted by Gasteiger charge is -2.06. The molecule has 0 radical (unpaired) electrons. The van der Waals surface area contributed by atoms with Gasteiger partial charge in [-0.2, -0.15) is 5.26 Å². The van der Waals surface area contributed by atoms with Crippen molar-refractivity contribution < 1.29 is 12.9 Å². The van der Waals surface area contributed by atoms with Crippen molar-refractivity contribution in [2.75, 3.05) is 16.5 Å². The molecule has 0 saturated carbocycles. The Morgan fingerprint density at radius 2 is 2.13 bits per heavy atom. The molecule has 0 amide bonds. The number of nitrogens with one attached hydrogen (secondary N) is 2. The molecule has 0 unspecified atom stereocenters. The van der Waals surface area contributed by atoms with Crippen molar-refractivity contribution >= 4 is 21.4 Å². The van der Waals surface area contributed by atoms with Gasteiger partial charge in [0.2, 0.25) is 10.0 Å². The predicted molar refractivity (Wildman–Crippen MR) is 54.4 cm³/mol. The first-order valence-electron chi connectivity index (χ1n) is 3.85. The lowest BCUT2D eigenvalue weighted by Crippen LogP contribution is -2.10. The van der Waals surface area contributed by atoms with Gasteiger partial charge in [-0.15, -0.1) is 4.48 Å². The summed E-state index contributed by atoms with van der Waals surface area (Å²) < 4.78 is 36.0. The van der Waals surface area contributed by atoms with Crippen LogP contribution in [0.1, 0.15) is 5.56 Å². The second kappa shape index (κ2) is 4.14. The van der Waals surface area contributed by atoms with Crippen molar-refractivity contribution in [3.05, 3.63) is 23.8 Å². The maximum Gasteiger partial charge on any atom is 0.229 e. The highest BCUT2D eigenvalue weighted by molar-refractivity contribution is 7.92. The third-order valence-electron chi connectivity index (χ3n) is 1.54. The van der Waals surface area contributed by atoms with Gasteiger partial charge in [0.15, 0.2) is 0 Å². The van der Waals surface area contributed by atoms with E-state index >= 15 is 0 Å². The standard InChI is InChI=1S/C8H8FN3O2S/c1-15(13,14)12-8-4-7(11-9)3-2-6(8)5-10/h2-4,11-12H,1H3. The highest BCUT2D eigenvalue weighted by atomic mass is 32.2. The molecule has 5 nitrogen and oxygen atoms in total. The van der Waals surface area contributed by atoms with E-state index in [-0.39, 0.29) is 16.9 Å². The van der Waals surface area contributed by atoms with Gasteiger partial charge in [-0.05, 0) is 18.2 Å². The van der Waals surface area contributed by atoms with Gasteiger partial charge in [-0.3, -0.25) is 4.72 Å². The van der Waals surface area contributed by atoms with Crippen LogP contribution in [-0.4, -0.2) is 14.7 Å². The summed E-state index contributed by atoms with van der Waals surface area (Å²) in [7, 11) is -3.49. The van der Waals surface area contributed by atoms with E-state index in [9.17, 15) is 12.9 Å². The first-order valence-corrected chi connectivity index (χ1v) is 5.74. The van der Waals surface area contributed by atoms with E-state index in [0.29, 0.717) is 0 Å². The number of rotatable bonds is 3. The maximum atomic E-state index is 12.1. The minimum Gasteiger partial charge on any atom is -0.282 e. The molecule has 1 rings (SSSR count). The summed E-state index contributed by atoms with van der Waals surface area (Å²) in [5, 5.41) is 8.68. The lowest BCUT2D eigenvalue weighted by molar-refractivity contribution is 0.606. The van der Waals surface area contributed by atoms with Crippen LogP contribution in [0.15, 0.2) is 18.2 Å². The molecule has 1 aromatic carbocycles. The number of halogens is 1. The van der Waals surface area contributed by atoms with Gasteiger partial charge in [0.05, 0.1) is 23.2 Å². The smallest absolute Gasteiger partial charge is 0.229 e. The molecule has 0 aromatic heterocycles. The fourth-order valence-corrected chi connectivity index (χ4v) is 1.55. The largest absolute Gasteiger partial charge is 0.282 e. The number of benzene rings is 1. The molecule has 15 heavy (non-hydrogen) atoms. The van der Waals surface area contributed by atoms with Gasteiger partial charge < -0.3 is 0 Å². The SMILES string of the molecule is CS(=O)(=O)Nc1cc(NF)ccc1C#N. The van der Waals surface area contributed by atoms with Crippen LogP contribution in [0, 0.1) is 11.3 Å². The lowest BCUT2D eigenvalue weighted by atomic mass is 10.2. The Morgan fingerprint density at radius 3 is 2.60 bits per heavy atom. The Balaban J connectivity index is 3.20. The first-order chi connectivity index (χ1) is 6.96. The zero-order valence-corrected chi connectivity index (χ0v) is 8.60. The van der Waals surface area contributed by atoms with E-state index in [1.54, 1.807) is 6.07 Å². The van der Waals surface area contributed by atoms with Crippen molar-refractivity contribution in [1.82, 2.24) is 0 Å². The highest BCUT2D eigenvalue weighted by Crippen LogP contribution is 2.21. The van der Waals surface area contributed by atoms with Gasteiger partial charge >= 0.3 is 0 Å². The second-order valence-electron chi connectivity index (χ2n) is 2.84. The molecule has 0 atom stereocenters. The minimum absolute atomic E-state index is 0.0441. The molecule has 0 aliphatic rings. The topological polar surface area (TPSA) is 82.0 Å². The average Bonchev–Trinajstić information content (AvgIpc) is 2.15. The number of hydrogen-bond donors (Lipinski definition) is 2. The van der Waals surface area contributed by atoms with Crippen LogP contribution in [0.5, 0.6) is 0 Å². The Labute approximate surface area is 86.5 Å². The molecule has 7 heteroatoms. The molecule has 1 aromatic rings. The monoisotopic (exact) mass is 229 g/mol. The fraction of sp³-hybridized carbons (Fsp3) is 0.125. The summed E-state index contributed by atoms with van der Waals surface area (Å²) in [6, 6.07) is 5.63. The van der Waals surface area contributed by atoms with Crippen LogP contribution in [0.3, 0.4) is 0 Å². The Kier molecular flexibility index (Phi) is 3.11. The fourth-order valence-electron chi connectivity index (χ4n) is 0.985. The number of nitriles is 1. The first kappa shape index (κ1) is 11.3. The van der Waals surface area contributed by atoms with Gasteiger partial charge in [0.25, 0.3) is 0 Å². The molecule has 0 aliphatic heterocycles. The average molecular weight is 229 g/mol. The Bertz CT molecular complexity index is 507. The summed E-state index contributed by atoms with van der Waals surface area (Å²) in [4.78, 5) is 0. The molecule has 80 valence electrons. The van der Waals surface area contributed by atoms with Crippen LogP contribution in [-0.2, 0) is 10.0 Å². The summed E-state index contributed by atoms with van der Waals surface area (Å²) in [6.07, 6.45) is 0.948. The van der Waals surface area contributed by atoms with Crippen molar-refractivity contribution in [2.45, 2.75) is 0 Å². The van der Waals surface area contributed by atoms with Crippen LogP contribution >= 0.6 is 0 Å². The highest BCUT2D eigenvalue weighted by Gasteiger charge is 2.08. The Morgan fingerprint density at radius 1 is 1.47 bits per heavy atom. The van der Waals surface area contributed by atoms with Crippen LogP contribution in [0.4, 0.5) is 15.9 Å². The van der Waals surface area contributed by atoms with Gasteiger partial charge in [-0.25, -0.2) is 14.0 Å². The maximum absolute atomic E-state index is 12.1. The molecular weight excluding hydrogens is 221 g/mol. The van der Waals surface area contributed by atoms with E-state index in [1.807, 2.05) is 0 Å². The Hall–Kier alpha value is -1.81. The quantitative estimate of drug-likeness (QED) is 0.763. The molecule has 0 bridgehead atoms. The minimum atomic E-state index is -3.49. The van der Waals surface area contributed by atoms with Gasteiger partial charge in [0, 0.05) is 0 Å².